The van der Waals surface area contributed by atoms with Crippen molar-refractivity contribution in [2.24, 2.45) is 5.92 Å². The fraction of sp³-hybridized carbons (Fsp3) is 0.405. The molecule has 2 fully saturated rings. The van der Waals surface area contributed by atoms with Gasteiger partial charge in [-0.1, -0.05) is 48.5 Å². The SMILES string of the molecule is COCCN1C[C@@H](CC(=O)Cc2c(C)c(-c3cnc(OC)c(C(=O)NC4CC(F)(F)C4)c3)nn2-c2ccccc2)[C@H](c2ccccc2)C1. The maximum atomic E-state index is 13.9. The second kappa shape index (κ2) is 14.3. The van der Waals surface area contributed by atoms with Crippen LogP contribution in [-0.4, -0.2) is 83.8 Å². The zero-order chi connectivity index (χ0) is 33.8. The van der Waals surface area contributed by atoms with Crippen LogP contribution in [0.5, 0.6) is 5.88 Å². The summed E-state index contributed by atoms with van der Waals surface area (Å²) >= 11 is 0. The first kappa shape index (κ1) is 33.4. The number of ketones is 1. The zero-order valence-electron chi connectivity index (χ0n) is 27.5. The Morgan fingerprint density at radius 2 is 1.73 bits per heavy atom. The van der Waals surface area contributed by atoms with Crippen LogP contribution in [0.4, 0.5) is 8.78 Å². The van der Waals surface area contributed by atoms with Crippen molar-refractivity contribution >= 4 is 11.7 Å². The summed E-state index contributed by atoms with van der Waals surface area (Å²) in [6, 6.07) is 21.0. The van der Waals surface area contributed by atoms with Crippen LogP contribution in [0, 0.1) is 12.8 Å². The molecule has 6 rings (SSSR count). The van der Waals surface area contributed by atoms with Crippen molar-refractivity contribution in [3.63, 3.8) is 0 Å². The third-order valence-electron chi connectivity index (χ3n) is 9.44. The Morgan fingerprint density at radius 3 is 2.40 bits per heavy atom. The summed E-state index contributed by atoms with van der Waals surface area (Å²) in [4.78, 5) is 33.8. The number of aromatic nitrogens is 3. The lowest BCUT2D eigenvalue weighted by Crippen LogP contribution is -2.50. The number of carbonyl (C=O) groups excluding carboxylic acids is 2. The standard InChI is InChI=1S/C37H41F2N5O4/c1-24-33(18-30(45)16-27-22-43(14-15-47-2)23-32(27)25-10-6-4-7-11-25)44(29-12-8-5-9-13-29)42-34(24)26-17-31(36(48-3)40-21-26)35(46)41-28-19-37(38,39)20-28/h4-13,17,21,27-28,32H,14-16,18-20,22-23H2,1-3H3,(H,41,46)/t27-,32+/m1/s1. The number of Topliss-reactive ketones (excluding diaryl/α,β-unsaturated/α-hetero) is 1. The fourth-order valence-corrected chi connectivity index (χ4v) is 6.93. The van der Waals surface area contributed by atoms with Gasteiger partial charge in [0, 0.05) is 76.1 Å². The number of nitrogens with one attached hydrogen (secondary N) is 1. The Balaban J connectivity index is 1.28. The average molecular weight is 658 g/mol. The van der Waals surface area contributed by atoms with E-state index in [1.807, 2.05) is 55.5 Å². The molecule has 1 aliphatic carbocycles. The molecule has 2 aromatic carbocycles. The normalized spacial score (nSPS) is 19.2. The van der Waals surface area contributed by atoms with Crippen LogP contribution >= 0.6 is 0 Å². The molecule has 9 nitrogen and oxygen atoms in total. The van der Waals surface area contributed by atoms with Gasteiger partial charge in [0.25, 0.3) is 11.8 Å². The highest BCUT2D eigenvalue weighted by atomic mass is 19.3. The van der Waals surface area contributed by atoms with Gasteiger partial charge in [0.15, 0.2) is 0 Å². The Bertz CT molecular complexity index is 1740. The van der Waals surface area contributed by atoms with Gasteiger partial charge in [-0.3, -0.25) is 9.59 Å². The van der Waals surface area contributed by atoms with E-state index in [1.54, 1.807) is 24.1 Å². The number of rotatable bonds is 13. The predicted octanol–water partition coefficient (Wildman–Crippen LogP) is 5.64. The molecule has 0 spiro atoms. The van der Waals surface area contributed by atoms with E-state index in [4.69, 9.17) is 14.6 Å². The summed E-state index contributed by atoms with van der Waals surface area (Å²) in [7, 11) is 3.10. The van der Waals surface area contributed by atoms with Gasteiger partial charge in [0.2, 0.25) is 5.88 Å². The van der Waals surface area contributed by atoms with Gasteiger partial charge in [-0.25, -0.2) is 18.4 Å². The van der Waals surface area contributed by atoms with Crippen LogP contribution in [-0.2, 0) is 16.0 Å². The van der Waals surface area contributed by atoms with Crippen molar-refractivity contribution in [3.05, 3.63) is 95.3 Å². The predicted molar refractivity (Wildman–Crippen MR) is 178 cm³/mol. The van der Waals surface area contributed by atoms with E-state index < -0.39 is 30.7 Å². The van der Waals surface area contributed by atoms with Crippen LogP contribution in [0.15, 0.2) is 72.9 Å². The van der Waals surface area contributed by atoms with Crippen LogP contribution in [0.25, 0.3) is 16.9 Å². The molecule has 4 aromatic rings. The van der Waals surface area contributed by atoms with Crippen molar-refractivity contribution in [2.45, 2.75) is 50.5 Å². The highest BCUT2D eigenvalue weighted by molar-refractivity contribution is 5.97. The van der Waals surface area contributed by atoms with Crippen molar-refractivity contribution in [1.82, 2.24) is 25.0 Å². The van der Waals surface area contributed by atoms with Gasteiger partial charge in [0.05, 0.1) is 30.8 Å². The second-order valence-corrected chi connectivity index (χ2v) is 12.8. The van der Waals surface area contributed by atoms with Crippen molar-refractivity contribution in [1.29, 1.82) is 0 Å². The van der Waals surface area contributed by atoms with Crippen LogP contribution < -0.4 is 10.1 Å². The molecule has 0 radical (unpaired) electrons. The molecule has 1 aliphatic heterocycles. The van der Waals surface area contributed by atoms with E-state index in [2.05, 4.69) is 27.3 Å². The first-order valence-corrected chi connectivity index (χ1v) is 16.3. The van der Waals surface area contributed by atoms with E-state index >= 15 is 0 Å². The summed E-state index contributed by atoms with van der Waals surface area (Å²) in [5, 5.41) is 7.61. The molecule has 1 saturated carbocycles. The molecule has 48 heavy (non-hydrogen) atoms. The number of likely N-dealkylation sites (tertiary alicyclic amines) is 1. The summed E-state index contributed by atoms with van der Waals surface area (Å²) in [5.74, 6) is -2.70. The van der Waals surface area contributed by atoms with E-state index in [0.29, 0.717) is 24.3 Å². The number of amides is 1. The van der Waals surface area contributed by atoms with Crippen molar-refractivity contribution < 1.29 is 27.8 Å². The quantitative estimate of drug-likeness (QED) is 0.199. The Hall–Kier alpha value is -4.48. The van der Waals surface area contributed by atoms with Gasteiger partial charge >= 0.3 is 0 Å². The molecular weight excluding hydrogens is 616 g/mol. The molecule has 11 heteroatoms. The summed E-state index contributed by atoms with van der Waals surface area (Å²) in [5.41, 5.74) is 4.82. The Morgan fingerprint density at radius 1 is 1.02 bits per heavy atom. The van der Waals surface area contributed by atoms with Gasteiger partial charge in [-0.15, -0.1) is 0 Å². The van der Waals surface area contributed by atoms with Crippen LogP contribution in [0.1, 0.15) is 52.4 Å². The maximum Gasteiger partial charge on any atom is 0.257 e. The Kier molecular flexibility index (Phi) is 9.98. The molecule has 1 saturated heterocycles. The number of alkyl halides is 2. The third kappa shape index (κ3) is 7.32. The number of benzene rings is 2. The average Bonchev–Trinajstić information content (AvgIpc) is 3.63. The van der Waals surface area contributed by atoms with Gasteiger partial charge in [-0.05, 0) is 42.2 Å². The second-order valence-electron chi connectivity index (χ2n) is 12.8. The minimum absolute atomic E-state index is 0.0851. The zero-order valence-corrected chi connectivity index (χ0v) is 27.5. The van der Waals surface area contributed by atoms with Gasteiger partial charge < -0.3 is 19.7 Å². The minimum Gasteiger partial charge on any atom is -0.480 e. The van der Waals surface area contributed by atoms with E-state index in [1.165, 1.54) is 12.7 Å². The van der Waals surface area contributed by atoms with Gasteiger partial charge in [-0.2, -0.15) is 5.10 Å². The number of methoxy groups -OCH3 is 2. The number of halogens is 2. The monoisotopic (exact) mass is 657 g/mol. The highest BCUT2D eigenvalue weighted by Crippen LogP contribution is 2.38. The summed E-state index contributed by atoms with van der Waals surface area (Å²) in [6.45, 7) is 5.06. The van der Waals surface area contributed by atoms with Crippen LogP contribution in [0.2, 0.25) is 0 Å². The van der Waals surface area contributed by atoms with Crippen molar-refractivity contribution in [2.75, 3.05) is 40.5 Å². The number of para-hydroxylation sites is 1. The minimum atomic E-state index is -2.76. The Labute approximate surface area is 279 Å². The number of hydrogen-bond acceptors (Lipinski definition) is 7. The highest BCUT2D eigenvalue weighted by Gasteiger charge is 2.46. The van der Waals surface area contributed by atoms with E-state index in [0.717, 1.165) is 36.6 Å². The first-order chi connectivity index (χ1) is 23.2. The summed E-state index contributed by atoms with van der Waals surface area (Å²) in [6.07, 6.45) is 1.37. The van der Waals surface area contributed by atoms with Crippen molar-refractivity contribution in [3.8, 4) is 22.8 Å². The number of carbonyl (C=O) groups is 2. The lowest BCUT2D eigenvalue weighted by molar-refractivity contribution is -0.119. The van der Waals surface area contributed by atoms with Crippen LogP contribution in [0.3, 0.4) is 0 Å². The molecule has 2 aromatic heterocycles. The third-order valence-corrected chi connectivity index (χ3v) is 9.44. The molecule has 1 N–H and O–H groups in total. The van der Waals surface area contributed by atoms with Gasteiger partial charge in [0.1, 0.15) is 11.3 Å². The molecule has 2 atom stereocenters. The lowest BCUT2D eigenvalue weighted by Gasteiger charge is -2.35. The molecule has 1 amide bonds. The molecular formula is C37H41F2N5O4. The molecule has 0 bridgehead atoms. The smallest absolute Gasteiger partial charge is 0.257 e. The fourth-order valence-electron chi connectivity index (χ4n) is 6.93. The molecule has 3 heterocycles. The number of nitrogens with zero attached hydrogens (tertiary/aromatic N) is 4. The van der Waals surface area contributed by atoms with E-state index in [9.17, 15) is 18.4 Å². The topological polar surface area (TPSA) is 98.6 Å². The number of ether oxygens (including phenoxy) is 2. The molecule has 2 aliphatic rings. The summed E-state index contributed by atoms with van der Waals surface area (Å²) < 4.78 is 39.3. The number of hydrogen-bond donors (Lipinski definition) is 1. The largest absolute Gasteiger partial charge is 0.480 e. The first-order valence-electron chi connectivity index (χ1n) is 16.3. The van der Waals surface area contributed by atoms with E-state index in [-0.39, 0.29) is 35.5 Å². The number of pyridine rings is 1. The maximum absolute atomic E-state index is 13.9. The molecule has 252 valence electrons. The molecule has 0 unspecified atom stereocenters. The lowest BCUT2D eigenvalue weighted by atomic mass is 9.85.